The fourth-order valence-corrected chi connectivity index (χ4v) is 1.06. The summed E-state index contributed by atoms with van der Waals surface area (Å²) in [5.41, 5.74) is 9.89. The van der Waals surface area contributed by atoms with Gasteiger partial charge in [-0.15, -0.1) is 0 Å². The largest absolute Gasteiger partial charge is 0.368 e. The Balaban J connectivity index is 2.31. The predicted molar refractivity (Wildman–Crippen MR) is 53.2 cm³/mol. The molecule has 4 heteroatoms. The van der Waals surface area contributed by atoms with Gasteiger partial charge in [0.15, 0.2) is 0 Å². The number of carbonyl (C=O) groups is 1. The van der Waals surface area contributed by atoms with E-state index in [9.17, 15) is 4.79 Å². The molecule has 76 valence electrons. The molecule has 0 unspecified atom stereocenters. The zero-order valence-electron chi connectivity index (χ0n) is 8.12. The molecule has 0 saturated carbocycles. The second-order valence-electron chi connectivity index (χ2n) is 3.00. The van der Waals surface area contributed by atoms with Crippen LogP contribution in [0.25, 0.3) is 0 Å². The molecule has 0 heterocycles. The summed E-state index contributed by atoms with van der Waals surface area (Å²) < 4.78 is 0. The first-order valence-corrected chi connectivity index (χ1v) is 4.37. The zero-order chi connectivity index (χ0) is 10.4. The molecule has 0 aliphatic heterocycles. The molecule has 3 N–H and O–H groups in total. The lowest BCUT2D eigenvalue weighted by molar-refractivity contribution is -0.125. The van der Waals surface area contributed by atoms with Crippen LogP contribution >= 0.6 is 0 Å². The number of nitrogens with one attached hydrogen (secondary N) is 1. The Hall–Kier alpha value is -1.39. The van der Waals surface area contributed by atoms with E-state index < -0.39 is 5.91 Å². The highest BCUT2D eigenvalue weighted by Gasteiger charge is 1.97. The van der Waals surface area contributed by atoms with Crippen molar-refractivity contribution in [3.8, 4) is 0 Å². The van der Waals surface area contributed by atoms with E-state index in [1.807, 2.05) is 31.2 Å². The van der Waals surface area contributed by atoms with E-state index in [4.69, 9.17) is 10.6 Å². The van der Waals surface area contributed by atoms with Gasteiger partial charge in [0.05, 0.1) is 0 Å². The lowest BCUT2D eigenvalue weighted by Crippen LogP contribution is -2.24. The van der Waals surface area contributed by atoms with Gasteiger partial charge in [-0.05, 0) is 18.1 Å². The summed E-state index contributed by atoms with van der Waals surface area (Å²) in [6, 6.07) is 7.95. The zero-order valence-corrected chi connectivity index (χ0v) is 8.12. The number of hydrogen-bond acceptors (Lipinski definition) is 3. The maximum atomic E-state index is 10.3. The SMILES string of the molecule is Cc1ccccc1CNOCC(N)=O. The number of hydroxylamine groups is 1. The van der Waals surface area contributed by atoms with Crippen LogP contribution in [0.1, 0.15) is 11.1 Å². The van der Waals surface area contributed by atoms with Gasteiger partial charge < -0.3 is 5.73 Å². The lowest BCUT2D eigenvalue weighted by Gasteiger charge is -2.06. The van der Waals surface area contributed by atoms with Crippen molar-refractivity contribution in [2.45, 2.75) is 13.5 Å². The van der Waals surface area contributed by atoms with E-state index in [0.717, 1.165) is 5.56 Å². The van der Waals surface area contributed by atoms with Crippen LogP contribution in [-0.4, -0.2) is 12.5 Å². The number of nitrogens with two attached hydrogens (primary N) is 1. The topological polar surface area (TPSA) is 64.3 Å². The number of rotatable bonds is 5. The van der Waals surface area contributed by atoms with Gasteiger partial charge in [-0.1, -0.05) is 24.3 Å². The number of carbonyl (C=O) groups excluding carboxylic acids is 1. The maximum absolute atomic E-state index is 10.3. The number of amides is 1. The van der Waals surface area contributed by atoms with Crippen molar-refractivity contribution in [2.75, 3.05) is 6.61 Å². The van der Waals surface area contributed by atoms with Crippen molar-refractivity contribution < 1.29 is 9.63 Å². The average Bonchev–Trinajstić information content (AvgIpc) is 2.15. The molecule has 1 aromatic rings. The second kappa shape index (κ2) is 5.36. The Labute approximate surface area is 83.0 Å². The molecule has 0 radical (unpaired) electrons. The van der Waals surface area contributed by atoms with Crippen LogP contribution < -0.4 is 11.2 Å². The highest BCUT2D eigenvalue weighted by atomic mass is 16.6. The Bertz CT molecular complexity index is 313. The number of primary amides is 1. The van der Waals surface area contributed by atoms with E-state index >= 15 is 0 Å². The molecular weight excluding hydrogens is 180 g/mol. The molecular formula is C10H14N2O2. The van der Waals surface area contributed by atoms with Crippen LogP contribution in [0.2, 0.25) is 0 Å². The van der Waals surface area contributed by atoms with E-state index in [2.05, 4.69) is 5.48 Å². The van der Waals surface area contributed by atoms with Crippen molar-refractivity contribution >= 4 is 5.91 Å². The van der Waals surface area contributed by atoms with Gasteiger partial charge in [0.1, 0.15) is 6.61 Å². The highest BCUT2D eigenvalue weighted by Crippen LogP contribution is 2.05. The van der Waals surface area contributed by atoms with Gasteiger partial charge in [-0.3, -0.25) is 9.63 Å². The minimum atomic E-state index is -0.484. The summed E-state index contributed by atoms with van der Waals surface area (Å²) in [6.07, 6.45) is 0. The van der Waals surface area contributed by atoms with Gasteiger partial charge in [0.25, 0.3) is 0 Å². The van der Waals surface area contributed by atoms with Crippen molar-refractivity contribution in [2.24, 2.45) is 5.73 Å². The fraction of sp³-hybridized carbons (Fsp3) is 0.300. The third-order valence-electron chi connectivity index (χ3n) is 1.84. The van der Waals surface area contributed by atoms with Crippen LogP contribution in [0.5, 0.6) is 0 Å². The number of hydrogen-bond donors (Lipinski definition) is 2. The summed E-state index contributed by atoms with van der Waals surface area (Å²) in [5, 5.41) is 0. The van der Waals surface area contributed by atoms with E-state index in [0.29, 0.717) is 6.54 Å². The molecule has 0 fully saturated rings. The van der Waals surface area contributed by atoms with Gasteiger partial charge in [-0.25, -0.2) is 0 Å². The molecule has 0 aliphatic carbocycles. The molecule has 1 amide bonds. The summed E-state index contributed by atoms with van der Waals surface area (Å²) in [5.74, 6) is -0.484. The maximum Gasteiger partial charge on any atom is 0.245 e. The van der Waals surface area contributed by atoms with E-state index in [1.165, 1.54) is 5.56 Å². The van der Waals surface area contributed by atoms with Gasteiger partial charge in [-0.2, -0.15) is 5.48 Å². The third-order valence-corrected chi connectivity index (χ3v) is 1.84. The van der Waals surface area contributed by atoms with Crippen molar-refractivity contribution in [3.05, 3.63) is 35.4 Å². The fourth-order valence-electron chi connectivity index (χ4n) is 1.06. The van der Waals surface area contributed by atoms with Crippen LogP contribution in [0.3, 0.4) is 0 Å². The molecule has 1 rings (SSSR count). The van der Waals surface area contributed by atoms with Crippen LogP contribution in [-0.2, 0) is 16.2 Å². The minimum Gasteiger partial charge on any atom is -0.368 e. The quantitative estimate of drug-likeness (QED) is 0.530. The molecule has 14 heavy (non-hydrogen) atoms. The van der Waals surface area contributed by atoms with E-state index in [-0.39, 0.29) is 6.61 Å². The van der Waals surface area contributed by atoms with Gasteiger partial charge in [0.2, 0.25) is 5.91 Å². The molecule has 0 aliphatic rings. The van der Waals surface area contributed by atoms with Crippen LogP contribution in [0.15, 0.2) is 24.3 Å². The standard InChI is InChI=1S/C10H14N2O2/c1-8-4-2-3-5-9(8)6-12-14-7-10(11)13/h2-5,12H,6-7H2,1H3,(H2,11,13). The molecule has 0 bridgehead atoms. The molecule has 0 saturated heterocycles. The van der Waals surface area contributed by atoms with Crippen molar-refractivity contribution in [1.82, 2.24) is 5.48 Å². The first-order valence-electron chi connectivity index (χ1n) is 4.37. The molecule has 0 spiro atoms. The first kappa shape index (κ1) is 10.7. The lowest BCUT2D eigenvalue weighted by atomic mass is 10.1. The molecule has 1 aromatic carbocycles. The second-order valence-corrected chi connectivity index (χ2v) is 3.00. The monoisotopic (exact) mass is 194 g/mol. The normalized spacial score (nSPS) is 10.1. The highest BCUT2D eigenvalue weighted by molar-refractivity contribution is 5.74. The van der Waals surface area contributed by atoms with E-state index in [1.54, 1.807) is 0 Å². The molecule has 4 nitrogen and oxygen atoms in total. The summed E-state index contributed by atoms with van der Waals surface area (Å²) >= 11 is 0. The first-order chi connectivity index (χ1) is 6.70. The smallest absolute Gasteiger partial charge is 0.245 e. The van der Waals surface area contributed by atoms with Gasteiger partial charge in [0, 0.05) is 6.54 Å². The Morgan fingerprint density at radius 3 is 2.86 bits per heavy atom. The number of aryl methyl sites for hydroxylation is 1. The minimum absolute atomic E-state index is 0.105. The summed E-state index contributed by atoms with van der Waals surface area (Å²) in [6.45, 7) is 2.48. The average molecular weight is 194 g/mol. The van der Waals surface area contributed by atoms with Crippen molar-refractivity contribution in [1.29, 1.82) is 0 Å². The van der Waals surface area contributed by atoms with Crippen LogP contribution in [0.4, 0.5) is 0 Å². The number of benzene rings is 1. The van der Waals surface area contributed by atoms with Crippen LogP contribution in [0, 0.1) is 6.92 Å². The third kappa shape index (κ3) is 3.55. The Kier molecular flexibility index (Phi) is 4.10. The van der Waals surface area contributed by atoms with Gasteiger partial charge >= 0.3 is 0 Å². The molecule has 0 atom stereocenters. The Morgan fingerprint density at radius 2 is 2.21 bits per heavy atom. The molecule has 0 aromatic heterocycles. The summed E-state index contributed by atoms with van der Waals surface area (Å²) in [7, 11) is 0. The summed E-state index contributed by atoms with van der Waals surface area (Å²) in [4.78, 5) is 15.2. The Morgan fingerprint density at radius 1 is 1.50 bits per heavy atom. The predicted octanol–water partition coefficient (Wildman–Crippen LogP) is 0.502. The van der Waals surface area contributed by atoms with Crippen molar-refractivity contribution in [3.63, 3.8) is 0 Å².